The molecule has 0 bridgehead atoms. The van der Waals surface area contributed by atoms with Gasteiger partial charge in [0, 0.05) is 57.4 Å². The van der Waals surface area contributed by atoms with E-state index in [1.54, 1.807) is 34.0 Å². The van der Waals surface area contributed by atoms with Crippen molar-refractivity contribution in [2.24, 2.45) is 0 Å². The van der Waals surface area contributed by atoms with Crippen molar-refractivity contribution in [2.75, 3.05) is 19.7 Å². The molecule has 0 aromatic carbocycles. The van der Waals surface area contributed by atoms with Gasteiger partial charge in [0.1, 0.15) is 11.7 Å². The Morgan fingerprint density at radius 3 is 2.79 bits per heavy atom. The van der Waals surface area contributed by atoms with Crippen LogP contribution in [0.4, 0.5) is 0 Å². The summed E-state index contributed by atoms with van der Waals surface area (Å²) in [7, 11) is 0. The van der Waals surface area contributed by atoms with E-state index in [9.17, 15) is 4.79 Å². The summed E-state index contributed by atoms with van der Waals surface area (Å²) in [6.07, 6.45) is 7.49. The standard InChI is InChI=1S/C19H21N7O3/c27-18(15-13-21-26-9-2-12-28-19(15)26)24-10-5-14(6-11-24)29-17-4-3-16(22-23-17)25-8-1-7-20-25/h1,3-4,7-8,13-14H,2,5-6,9-12H2. The molecular formula is C19H21N7O3. The molecule has 0 unspecified atom stereocenters. The number of ether oxygens (including phenoxy) is 2. The largest absolute Gasteiger partial charge is 0.477 e. The number of carbonyl (C=O) groups excluding carboxylic acids is 1. The lowest BCUT2D eigenvalue weighted by Gasteiger charge is -2.31. The first-order valence-corrected chi connectivity index (χ1v) is 9.76. The minimum Gasteiger partial charge on any atom is -0.477 e. The molecule has 0 atom stereocenters. The zero-order valence-corrected chi connectivity index (χ0v) is 15.8. The van der Waals surface area contributed by atoms with Gasteiger partial charge >= 0.3 is 0 Å². The maximum absolute atomic E-state index is 12.9. The van der Waals surface area contributed by atoms with Crippen LogP contribution in [0.1, 0.15) is 29.6 Å². The van der Waals surface area contributed by atoms with Gasteiger partial charge in [0.05, 0.1) is 12.8 Å². The van der Waals surface area contributed by atoms with Crippen LogP contribution in [0.15, 0.2) is 36.8 Å². The third-order valence-electron chi connectivity index (χ3n) is 5.16. The van der Waals surface area contributed by atoms with Crippen LogP contribution >= 0.6 is 0 Å². The number of aryl methyl sites for hydroxylation is 1. The lowest BCUT2D eigenvalue weighted by atomic mass is 10.1. The Morgan fingerprint density at radius 2 is 2.03 bits per heavy atom. The molecule has 0 spiro atoms. The van der Waals surface area contributed by atoms with E-state index in [0.29, 0.717) is 42.8 Å². The van der Waals surface area contributed by atoms with Gasteiger partial charge in [-0.15, -0.1) is 10.2 Å². The van der Waals surface area contributed by atoms with E-state index in [1.807, 2.05) is 17.0 Å². The second kappa shape index (κ2) is 7.53. The lowest BCUT2D eigenvalue weighted by Crippen LogP contribution is -2.42. The Labute approximate surface area is 167 Å². The third kappa shape index (κ3) is 3.53. The van der Waals surface area contributed by atoms with Crippen LogP contribution in [0.2, 0.25) is 0 Å². The quantitative estimate of drug-likeness (QED) is 0.657. The van der Waals surface area contributed by atoms with Gasteiger partial charge in [-0.25, -0.2) is 9.36 Å². The van der Waals surface area contributed by atoms with E-state index in [2.05, 4.69) is 20.4 Å². The summed E-state index contributed by atoms with van der Waals surface area (Å²) in [5, 5.41) is 16.7. The molecule has 10 heteroatoms. The van der Waals surface area contributed by atoms with Crippen molar-refractivity contribution in [2.45, 2.75) is 31.9 Å². The molecule has 2 aliphatic rings. The van der Waals surface area contributed by atoms with E-state index in [0.717, 1.165) is 25.8 Å². The molecular weight excluding hydrogens is 374 g/mol. The molecule has 29 heavy (non-hydrogen) atoms. The smallest absolute Gasteiger partial charge is 0.260 e. The first-order valence-electron chi connectivity index (χ1n) is 9.76. The number of hydrogen-bond donors (Lipinski definition) is 0. The predicted molar refractivity (Wildman–Crippen MR) is 101 cm³/mol. The van der Waals surface area contributed by atoms with Crippen molar-refractivity contribution in [1.82, 2.24) is 34.7 Å². The summed E-state index contributed by atoms with van der Waals surface area (Å²) in [6, 6.07) is 5.43. The molecule has 0 N–H and O–H groups in total. The number of nitrogens with zero attached hydrogens (tertiary/aromatic N) is 7. The highest BCUT2D eigenvalue weighted by Crippen LogP contribution is 2.25. The topological polar surface area (TPSA) is 100 Å². The van der Waals surface area contributed by atoms with Crippen molar-refractivity contribution in [3.05, 3.63) is 42.4 Å². The van der Waals surface area contributed by atoms with Crippen molar-refractivity contribution in [1.29, 1.82) is 0 Å². The Balaban J connectivity index is 1.17. The normalized spacial score (nSPS) is 16.9. The summed E-state index contributed by atoms with van der Waals surface area (Å²) >= 11 is 0. The molecule has 3 aromatic heterocycles. The Kier molecular flexibility index (Phi) is 4.59. The molecule has 3 aromatic rings. The van der Waals surface area contributed by atoms with Gasteiger partial charge in [-0.1, -0.05) is 0 Å². The van der Waals surface area contributed by atoms with Gasteiger partial charge in [0.25, 0.3) is 5.91 Å². The average Bonchev–Trinajstić information content (AvgIpc) is 3.45. The molecule has 0 saturated carbocycles. The van der Waals surface area contributed by atoms with Gasteiger partial charge in [-0.3, -0.25) is 4.79 Å². The molecule has 150 valence electrons. The highest BCUT2D eigenvalue weighted by molar-refractivity contribution is 5.96. The number of likely N-dealkylation sites (tertiary alicyclic amines) is 1. The molecule has 1 amide bonds. The van der Waals surface area contributed by atoms with Crippen LogP contribution in [0.25, 0.3) is 5.82 Å². The average molecular weight is 395 g/mol. The molecule has 5 rings (SSSR count). The molecule has 0 aliphatic carbocycles. The molecule has 5 heterocycles. The Hall–Kier alpha value is -3.43. The van der Waals surface area contributed by atoms with E-state index < -0.39 is 0 Å². The summed E-state index contributed by atoms with van der Waals surface area (Å²) in [5.74, 6) is 1.67. The molecule has 2 aliphatic heterocycles. The highest BCUT2D eigenvalue weighted by atomic mass is 16.5. The fourth-order valence-corrected chi connectivity index (χ4v) is 3.64. The summed E-state index contributed by atoms with van der Waals surface area (Å²) in [4.78, 5) is 14.7. The number of aromatic nitrogens is 6. The van der Waals surface area contributed by atoms with Crippen molar-refractivity contribution in [3.8, 4) is 17.6 Å². The maximum Gasteiger partial charge on any atom is 0.260 e. The van der Waals surface area contributed by atoms with Gasteiger partial charge in [0.15, 0.2) is 5.82 Å². The van der Waals surface area contributed by atoms with Gasteiger partial charge in [-0.2, -0.15) is 10.2 Å². The minimum atomic E-state index is -0.0324. The lowest BCUT2D eigenvalue weighted by molar-refractivity contribution is 0.0580. The minimum absolute atomic E-state index is 0.00114. The number of amides is 1. The molecule has 10 nitrogen and oxygen atoms in total. The fraction of sp³-hybridized carbons (Fsp3) is 0.421. The highest BCUT2D eigenvalue weighted by Gasteiger charge is 2.29. The van der Waals surface area contributed by atoms with E-state index in [-0.39, 0.29) is 12.0 Å². The molecule has 1 saturated heterocycles. The maximum atomic E-state index is 12.9. The number of rotatable bonds is 4. The van der Waals surface area contributed by atoms with Gasteiger partial charge < -0.3 is 14.4 Å². The first-order chi connectivity index (χ1) is 14.3. The second-order valence-electron chi connectivity index (χ2n) is 7.08. The number of carbonyl (C=O) groups is 1. The monoisotopic (exact) mass is 395 g/mol. The zero-order valence-electron chi connectivity index (χ0n) is 15.8. The summed E-state index contributed by atoms with van der Waals surface area (Å²) in [6.45, 7) is 2.65. The van der Waals surface area contributed by atoms with Gasteiger partial charge in [0.2, 0.25) is 11.8 Å². The Morgan fingerprint density at radius 1 is 1.14 bits per heavy atom. The Bertz CT molecular complexity index is 976. The van der Waals surface area contributed by atoms with Crippen molar-refractivity contribution in [3.63, 3.8) is 0 Å². The molecule has 1 fully saturated rings. The summed E-state index contributed by atoms with van der Waals surface area (Å²) in [5.41, 5.74) is 0.546. The van der Waals surface area contributed by atoms with E-state index >= 15 is 0 Å². The van der Waals surface area contributed by atoms with Crippen molar-refractivity contribution >= 4 is 5.91 Å². The van der Waals surface area contributed by atoms with Crippen LogP contribution in [-0.4, -0.2) is 66.4 Å². The van der Waals surface area contributed by atoms with E-state index in [4.69, 9.17) is 9.47 Å². The first kappa shape index (κ1) is 17.7. The number of fused-ring (bicyclic) bond motifs is 1. The third-order valence-corrected chi connectivity index (χ3v) is 5.16. The molecule has 0 radical (unpaired) electrons. The number of hydrogen-bond acceptors (Lipinski definition) is 7. The van der Waals surface area contributed by atoms with Crippen LogP contribution < -0.4 is 9.47 Å². The summed E-state index contributed by atoms with van der Waals surface area (Å²) < 4.78 is 15.0. The van der Waals surface area contributed by atoms with Crippen LogP contribution in [0, 0.1) is 0 Å². The fourth-order valence-electron chi connectivity index (χ4n) is 3.64. The van der Waals surface area contributed by atoms with Crippen LogP contribution in [0.3, 0.4) is 0 Å². The SMILES string of the molecule is O=C(c1cnn2c1OCCC2)N1CCC(Oc2ccc(-n3cccn3)nn2)CC1. The zero-order chi connectivity index (χ0) is 19.6. The van der Waals surface area contributed by atoms with Crippen molar-refractivity contribution < 1.29 is 14.3 Å². The van der Waals surface area contributed by atoms with Crippen LogP contribution in [0.5, 0.6) is 11.8 Å². The van der Waals surface area contributed by atoms with E-state index in [1.165, 1.54) is 0 Å². The second-order valence-corrected chi connectivity index (χ2v) is 7.08. The van der Waals surface area contributed by atoms with Crippen LogP contribution in [-0.2, 0) is 6.54 Å². The number of piperidine rings is 1. The van der Waals surface area contributed by atoms with Gasteiger partial charge in [-0.05, 0) is 12.1 Å². The predicted octanol–water partition coefficient (Wildman–Crippen LogP) is 1.32.